The Morgan fingerprint density at radius 2 is 2.19 bits per heavy atom. The quantitative estimate of drug-likeness (QED) is 0.822. The Morgan fingerprint density at radius 3 is 2.86 bits per heavy atom. The van der Waals surface area contributed by atoms with Gasteiger partial charge in [-0.25, -0.2) is 4.68 Å². The average molecular weight is 310 g/mol. The zero-order valence-corrected chi connectivity index (χ0v) is 12.5. The lowest BCUT2D eigenvalue weighted by atomic mass is 10.2. The fraction of sp³-hybridized carbons (Fsp3) is 0.417. The summed E-state index contributed by atoms with van der Waals surface area (Å²) in [5, 5.41) is 9.64. The van der Waals surface area contributed by atoms with Gasteiger partial charge in [-0.05, 0) is 23.6 Å². The highest BCUT2D eigenvalue weighted by Crippen LogP contribution is 2.08. The first-order valence-corrected chi connectivity index (χ1v) is 6.84. The monoisotopic (exact) mass is 309 g/mol. The number of carbonyl (C=O) groups excluding carboxylic acids is 1. The van der Waals surface area contributed by atoms with Gasteiger partial charge in [0.2, 0.25) is 17.1 Å². The molecule has 0 aliphatic carbocycles. The van der Waals surface area contributed by atoms with Gasteiger partial charge in [0.15, 0.2) is 0 Å². The summed E-state index contributed by atoms with van der Waals surface area (Å²) >= 11 is 5.84. The van der Waals surface area contributed by atoms with Gasteiger partial charge in [-0.1, -0.05) is 13.8 Å². The van der Waals surface area contributed by atoms with Crippen molar-refractivity contribution < 1.29 is 4.79 Å². The molecule has 2 N–H and O–H groups in total. The van der Waals surface area contributed by atoms with Crippen LogP contribution in [0.2, 0.25) is 5.28 Å². The number of nitrogens with one attached hydrogen (secondary N) is 2. The number of amides is 1. The lowest BCUT2D eigenvalue weighted by Crippen LogP contribution is -2.32. The lowest BCUT2D eigenvalue weighted by Gasteiger charge is -2.09. The first-order valence-electron chi connectivity index (χ1n) is 6.47. The molecule has 0 unspecified atom stereocenters. The third-order valence-corrected chi connectivity index (χ3v) is 2.59. The van der Waals surface area contributed by atoms with Crippen LogP contribution >= 0.6 is 11.6 Å². The number of hydrogen-bond acceptors (Lipinski definition) is 6. The first kappa shape index (κ1) is 15.2. The minimum absolute atomic E-state index is 0.0283. The SMILES string of the molecule is CC(C)CNC(=O)CNc1nc(Cl)nc(-n2cccn2)n1. The minimum Gasteiger partial charge on any atom is -0.354 e. The molecule has 0 bridgehead atoms. The molecule has 0 aliphatic rings. The maximum atomic E-state index is 11.6. The first-order chi connectivity index (χ1) is 10.0. The van der Waals surface area contributed by atoms with Crippen LogP contribution in [0.5, 0.6) is 0 Å². The van der Waals surface area contributed by atoms with Crippen molar-refractivity contribution in [2.24, 2.45) is 5.92 Å². The molecule has 2 rings (SSSR count). The van der Waals surface area contributed by atoms with Crippen molar-refractivity contribution in [1.82, 2.24) is 30.0 Å². The molecule has 0 aromatic carbocycles. The van der Waals surface area contributed by atoms with Gasteiger partial charge in [-0.15, -0.1) is 0 Å². The molecule has 0 fully saturated rings. The molecule has 0 radical (unpaired) electrons. The van der Waals surface area contributed by atoms with Gasteiger partial charge in [0.25, 0.3) is 5.95 Å². The number of nitrogens with zero attached hydrogens (tertiary/aromatic N) is 5. The largest absolute Gasteiger partial charge is 0.354 e. The summed E-state index contributed by atoms with van der Waals surface area (Å²) in [5.74, 6) is 0.762. The predicted octanol–water partition coefficient (Wildman–Crippen LogP) is 0.895. The Labute approximate surface area is 127 Å². The fourth-order valence-corrected chi connectivity index (χ4v) is 1.60. The maximum Gasteiger partial charge on any atom is 0.256 e. The highest BCUT2D eigenvalue weighted by molar-refractivity contribution is 6.28. The number of anilines is 1. The summed E-state index contributed by atoms with van der Waals surface area (Å²) in [5.41, 5.74) is 0. The van der Waals surface area contributed by atoms with Gasteiger partial charge >= 0.3 is 0 Å². The van der Waals surface area contributed by atoms with Gasteiger partial charge in [0, 0.05) is 18.9 Å². The van der Waals surface area contributed by atoms with Crippen LogP contribution in [0, 0.1) is 5.92 Å². The van der Waals surface area contributed by atoms with E-state index in [9.17, 15) is 4.79 Å². The predicted molar refractivity (Wildman–Crippen MR) is 78.3 cm³/mol. The van der Waals surface area contributed by atoms with Crippen LogP contribution < -0.4 is 10.6 Å². The molecular formula is C12H16ClN7O. The fourth-order valence-electron chi connectivity index (χ4n) is 1.45. The van der Waals surface area contributed by atoms with E-state index in [0.717, 1.165) is 0 Å². The molecule has 2 aromatic heterocycles. The maximum absolute atomic E-state index is 11.6. The molecule has 2 heterocycles. The highest BCUT2D eigenvalue weighted by Gasteiger charge is 2.08. The van der Waals surface area contributed by atoms with Crippen molar-refractivity contribution in [2.75, 3.05) is 18.4 Å². The van der Waals surface area contributed by atoms with Gasteiger partial charge in [-0.3, -0.25) is 4.79 Å². The molecule has 0 atom stereocenters. The second-order valence-corrected chi connectivity index (χ2v) is 5.07. The van der Waals surface area contributed by atoms with E-state index in [-0.39, 0.29) is 29.6 Å². The van der Waals surface area contributed by atoms with Gasteiger partial charge in [0.1, 0.15) is 0 Å². The molecule has 112 valence electrons. The van der Waals surface area contributed by atoms with Crippen LogP contribution in [0.3, 0.4) is 0 Å². The summed E-state index contributed by atoms with van der Waals surface area (Å²) in [6.45, 7) is 4.73. The molecule has 0 saturated carbocycles. The third kappa shape index (κ3) is 4.67. The summed E-state index contributed by atoms with van der Waals surface area (Å²) < 4.78 is 1.46. The van der Waals surface area contributed by atoms with Crippen LogP contribution in [-0.2, 0) is 4.79 Å². The second kappa shape index (κ2) is 6.98. The van der Waals surface area contributed by atoms with Crippen molar-refractivity contribution >= 4 is 23.5 Å². The third-order valence-electron chi connectivity index (χ3n) is 2.42. The van der Waals surface area contributed by atoms with Gasteiger partial charge in [0.05, 0.1) is 6.54 Å². The van der Waals surface area contributed by atoms with Gasteiger partial charge in [-0.2, -0.15) is 20.1 Å². The molecule has 0 saturated heterocycles. The van der Waals surface area contributed by atoms with E-state index in [1.165, 1.54) is 4.68 Å². The number of rotatable bonds is 6. The van der Waals surface area contributed by atoms with E-state index >= 15 is 0 Å². The van der Waals surface area contributed by atoms with Crippen LogP contribution in [0.1, 0.15) is 13.8 Å². The highest BCUT2D eigenvalue weighted by atomic mass is 35.5. The van der Waals surface area contributed by atoms with E-state index in [0.29, 0.717) is 12.5 Å². The second-order valence-electron chi connectivity index (χ2n) is 4.73. The number of carbonyl (C=O) groups is 1. The zero-order chi connectivity index (χ0) is 15.2. The van der Waals surface area contributed by atoms with E-state index < -0.39 is 0 Å². The summed E-state index contributed by atoms with van der Waals surface area (Å²) in [7, 11) is 0. The minimum atomic E-state index is -0.138. The molecule has 1 amide bonds. The Balaban J connectivity index is 1.99. The molecule has 9 heteroatoms. The van der Waals surface area contributed by atoms with Crippen LogP contribution in [-0.4, -0.2) is 43.7 Å². The summed E-state index contributed by atoms with van der Waals surface area (Å²) in [6, 6.07) is 1.74. The Kier molecular flexibility index (Phi) is 5.04. The Hall–Kier alpha value is -2.22. The van der Waals surface area contributed by atoms with E-state index in [4.69, 9.17) is 11.6 Å². The Morgan fingerprint density at radius 1 is 1.38 bits per heavy atom. The Bertz CT molecular complexity index is 600. The topological polar surface area (TPSA) is 97.6 Å². The van der Waals surface area contributed by atoms with Gasteiger partial charge < -0.3 is 10.6 Å². The van der Waals surface area contributed by atoms with Crippen molar-refractivity contribution in [3.05, 3.63) is 23.7 Å². The van der Waals surface area contributed by atoms with Crippen molar-refractivity contribution in [2.45, 2.75) is 13.8 Å². The zero-order valence-electron chi connectivity index (χ0n) is 11.7. The standard InChI is InChI=1S/C12H16ClN7O/c1-8(2)6-14-9(21)7-15-11-17-10(13)18-12(19-11)20-5-3-4-16-20/h3-5,8H,6-7H2,1-2H3,(H,14,21)(H,15,17,18,19). The van der Waals surface area contributed by atoms with E-state index in [1.54, 1.807) is 18.5 Å². The average Bonchev–Trinajstić information content (AvgIpc) is 2.96. The van der Waals surface area contributed by atoms with Crippen LogP contribution in [0.15, 0.2) is 18.5 Å². The van der Waals surface area contributed by atoms with Crippen molar-refractivity contribution in [3.63, 3.8) is 0 Å². The molecule has 21 heavy (non-hydrogen) atoms. The number of halogens is 1. The molecule has 0 spiro atoms. The van der Waals surface area contributed by atoms with E-state index in [1.807, 2.05) is 13.8 Å². The molecular weight excluding hydrogens is 294 g/mol. The normalized spacial score (nSPS) is 10.7. The smallest absolute Gasteiger partial charge is 0.256 e. The lowest BCUT2D eigenvalue weighted by molar-refractivity contribution is -0.119. The van der Waals surface area contributed by atoms with Crippen LogP contribution in [0.25, 0.3) is 5.95 Å². The van der Waals surface area contributed by atoms with Crippen LogP contribution in [0.4, 0.5) is 5.95 Å². The molecule has 2 aromatic rings. The summed E-state index contributed by atoms with van der Waals surface area (Å²) in [6.07, 6.45) is 3.29. The number of hydrogen-bond donors (Lipinski definition) is 2. The number of aromatic nitrogens is 5. The molecule has 8 nitrogen and oxygen atoms in total. The van der Waals surface area contributed by atoms with Crippen molar-refractivity contribution in [1.29, 1.82) is 0 Å². The van der Waals surface area contributed by atoms with Crippen molar-refractivity contribution in [3.8, 4) is 5.95 Å². The molecule has 0 aliphatic heterocycles. The summed E-state index contributed by atoms with van der Waals surface area (Å²) in [4.78, 5) is 23.7. The van der Waals surface area contributed by atoms with E-state index in [2.05, 4.69) is 30.7 Å².